The van der Waals surface area contributed by atoms with Gasteiger partial charge in [0.1, 0.15) is 5.78 Å². The molecule has 1 heterocycles. The van der Waals surface area contributed by atoms with Crippen molar-refractivity contribution < 1.29 is 33.0 Å². The number of Topliss-reactive ketones (excluding diaryl/α,β-unsaturated/α-hetero) is 1. The molecule has 0 radical (unpaired) electrons. The SMILES string of the molecule is CC[C@@](O)(C/C=C/[C@H]1CCC(=O)[C@@H]1CCSc1nc(C(=O)O)cs1)CCC(F)=C(F)F. The van der Waals surface area contributed by atoms with Crippen LogP contribution in [0, 0.1) is 11.8 Å². The van der Waals surface area contributed by atoms with E-state index in [1.54, 1.807) is 13.0 Å². The smallest absolute Gasteiger partial charge is 0.355 e. The molecule has 0 aliphatic heterocycles. The normalized spacial score (nSPS) is 20.9. The van der Waals surface area contributed by atoms with Crippen LogP contribution in [0.2, 0.25) is 0 Å². The lowest BCUT2D eigenvalue weighted by Gasteiger charge is -2.25. The summed E-state index contributed by atoms with van der Waals surface area (Å²) in [5, 5.41) is 20.9. The van der Waals surface area contributed by atoms with Crippen LogP contribution in [0.4, 0.5) is 13.2 Å². The van der Waals surface area contributed by atoms with E-state index in [0.717, 1.165) is 0 Å². The van der Waals surface area contributed by atoms with Gasteiger partial charge in [0.25, 0.3) is 0 Å². The third-order valence-electron chi connectivity index (χ3n) is 5.57. The number of hydrogen-bond acceptors (Lipinski definition) is 6. The average molecular weight is 478 g/mol. The Morgan fingerprint density at radius 1 is 1.42 bits per heavy atom. The number of halogens is 3. The minimum Gasteiger partial charge on any atom is -0.476 e. The molecule has 0 aromatic carbocycles. The molecule has 0 unspecified atom stereocenters. The van der Waals surface area contributed by atoms with Crippen molar-refractivity contribution >= 4 is 34.9 Å². The second-order valence-electron chi connectivity index (χ2n) is 7.59. The van der Waals surface area contributed by atoms with Gasteiger partial charge in [-0.25, -0.2) is 14.2 Å². The number of nitrogens with zero attached hydrogens (tertiary/aromatic N) is 1. The van der Waals surface area contributed by atoms with E-state index in [1.165, 1.54) is 28.5 Å². The van der Waals surface area contributed by atoms with Crippen LogP contribution in [0.1, 0.15) is 62.4 Å². The Morgan fingerprint density at radius 3 is 2.77 bits per heavy atom. The van der Waals surface area contributed by atoms with Crippen LogP contribution in [0.3, 0.4) is 0 Å². The Labute approximate surface area is 187 Å². The van der Waals surface area contributed by atoms with Crippen molar-refractivity contribution in [3.05, 3.63) is 35.1 Å². The van der Waals surface area contributed by atoms with Gasteiger partial charge in [-0.2, -0.15) is 8.78 Å². The van der Waals surface area contributed by atoms with Crippen molar-refractivity contribution in [1.29, 1.82) is 0 Å². The molecule has 2 N–H and O–H groups in total. The van der Waals surface area contributed by atoms with E-state index in [1.807, 2.05) is 6.08 Å². The number of thiazole rings is 1. The Balaban J connectivity index is 1.87. The molecule has 172 valence electrons. The van der Waals surface area contributed by atoms with Crippen LogP contribution in [0.5, 0.6) is 0 Å². The maximum atomic E-state index is 13.1. The van der Waals surface area contributed by atoms with E-state index < -0.39 is 29.9 Å². The molecule has 0 spiro atoms. The fourth-order valence-electron chi connectivity index (χ4n) is 3.56. The number of aromatic carboxylic acids is 1. The van der Waals surface area contributed by atoms with Crippen molar-refractivity contribution in [2.45, 2.75) is 61.8 Å². The highest BCUT2D eigenvalue weighted by molar-refractivity contribution is 8.01. The van der Waals surface area contributed by atoms with Crippen LogP contribution < -0.4 is 0 Å². The van der Waals surface area contributed by atoms with Crippen molar-refractivity contribution in [3.8, 4) is 0 Å². The number of allylic oxidation sites excluding steroid dienone is 2. The Kier molecular flexibility index (Phi) is 9.77. The van der Waals surface area contributed by atoms with Gasteiger partial charge in [0.2, 0.25) is 0 Å². The van der Waals surface area contributed by atoms with E-state index >= 15 is 0 Å². The zero-order valence-corrected chi connectivity index (χ0v) is 18.8. The highest BCUT2D eigenvalue weighted by atomic mass is 32.2. The molecule has 0 saturated heterocycles. The summed E-state index contributed by atoms with van der Waals surface area (Å²) in [5.41, 5.74) is -1.26. The van der Waals surface area contributed by atoms with Crippen LogP contribution in [0.25, 0.3) is 0 Å². The molecule has 10 heteroatoms. The molecule has 5 nitrogen and oxygen atoms in total. The summed E-state index contributed by atoms with van der Waals surface area (Å²) >= 11 is 2.68. The molecule has 1 aromatic rings. The third kappa shape index (κ3) is 7.76. The average Bonchev–Trinajstić information content (AvgIpc) is 3.34. The van der Waals surface area contributed by atoms with Crippen LogP contribution in [-0.4, -0.2) is 38.3 Å². The molecule has 1 aliphatic rings. The first-order chi connectivity index (χ1) is 14.6. The van der Waals surface area contributed by atoms with Gasteiger partial charge < -0.3 is 10.2 Å². The van der Waals surface area contributed by atoms with Crippen LogP contribution in [-0.2, 0) is 4.79 Å². The molecule has 2 rings (SSSR count). The third-order valence-corrected chi connectivity index (χ3v) is 7.62. The van der Waals surface area contributed by atoms with Crippen LogP contribution in [0.15, 0.2) is 33.8 Å². The van der Waals surface area contributed by atoms with E-state index in [9.17, 15) is 27.9 Å². The largest absolute Gasteiger partial charge is 0.476 e. The molecule has 1 fully saturated rings. The van der Waals surface area contributed by atoms with E-state index in [2.05, 4.69) is 4.98 Å². The van der Waals surface area contributed by atoms with Gasteiger partial charge in [0, 0.05) is 29.9 Å². The predicted octanol–water partition coefficient (Wildman–Crippen LogP) is 5.86. The molecule has 31 heavy (non-hydrogen) atoms. The second kappa shape index (κ2) is 11.8. The highest BCUT2D eigenvalue weighted by Gasteiger charge is 2.33. The number of ketones is 1. The number of hydrogen-bond donors (Lipinski definition) is 2. The zero-order chi connectivity index (χ0) is 23.0. The van der Waals surface area contributed by atoms with Crippen LogP contribution >= 0.6 is 23.1 Å². The standard InChI is InChI=1S/C21H26F3NO4S2/c1-2-21(29,10-7-15(22)18(23)24)9-3-4-13-5-6-17(26)14(13)8-11-30-20-25-16(12-31-20)19(27)28/h3-4,12-14,29H,2,5-11H2,1H3,(H,27,28)/b4-3+/t13-,14+,21+/m0/s1. The predicted molar refractivity (Wildman–Crippen MR) is 114 cm³/mol. The molecule has 0 bridgehead atoms. The summed E-state index contributed by atoms with van der Waals surface area (Å²) < 4.78 is 38.2. The fraction of sp³-hybridized carbons (Fsp3) is 0.571. The van der Waals surface area contributed by atoms with Crippen molar-refractivity contribution in [1.82, 2.24) is 4.98 Å². The van der Waals surface area contributed by atoms with Gasteiger partial charge in [-0.15, -0.1) is 11.3 Å². The van der Waals surface area contributed by atoms with E-state index in [-0.39, 0.29) is 36.2 Å². The molecule has 3 atom stereocenters. The van der Waals surface area contributed by atoms with E-state index in [4.69, 9.17) is 5.11 Å². The maximum Gasteiger partial charge on any atom is 0.355 e. The van der Waals surface area contributed by atoms with E-state index in [0.29, 0.717) is 35.8 Å². The molecule has 1 saturated carbocycles. The monoisotopic (exact) mass is 477 g/mol. The van der Waals surface area contributed by atoms with Crippen molar-refractivity contribution in [3.63, 3.8) is 0 Å². The quantitative estimate of drug-likeness (QED) is 0.289. The van der Waals surface area contributed by atoms with Gasteiger partial charge in [0.15, 0.2) is 15.9 Å². The van der Waals surface area contributed by atoms with Gasteiger partial charge in [-0.05, 0) is 38.0 Å². The van der Waals surface area contributed by atoms with Crippen molar-refractivity contribution in [2.24, 2.45) is 11.8 Å². The summed E-state index contributed by atoms with van der Waals surface area (Å²) in [4.78, 5) is 27.2. The summed E-state index contributed by atoms with van der Waals surface area (Å²) in [6.45, 7) is 1.72. The number of rotatable bonds is 12. The lowest BCUT2D eigenvalue weighted by Crippen LogP contribution is -2.27. The number of carbonyl (C=O) groups excluding carboxylic acids is 1. The first-order valence-corrected chi connectivity index (χ1v) is 11.9. The number of thioether (sulfide) groups is 1. The second-order valence-corrected chi connectivity index (χ2v) is 9.79. The Bertz CT molecular complexity index is 838. The Hall–Kier alpha value is -1.65. The lowest BCUT2D eigenvalue weighted by atomic mass is 9.88. The minimum absolute atomic E-state index is 0.0123. The number of aromatic nitrogens is 1. The zero-order valence-electron chi connectivity index (χ0n) is 17.2. The number of carboxylic acids is 1. The maximum absolute atomic E-state index is 13.1. The summed E-state index contributed by atoms with van der Waals surface area (Å²) in [6, 6.07) is 0. The van der Waals surface area contributed by atoms with Gasteiger partial charge in [-0.3, -0.25) is 4.79 Å². The molecule has 1 aliphatic carbocycles. The minimum atomic E-state index is -2.35. The fourth-order valence-corrected chi connectivity index (χ4v) is 5.45. The summed E-state index contributed by atoms with van der Waals surface area (Å²) in [6.07, 6.45) is 3.02. The molecule has 1 aromatic heterocycles. The van der Waals surface area contributed by atoms with Gasteiger partial charge in [0.05, 0.1) is 5.60 Å². The first kappa shape index (κ1) is 25.6. The number of carboxylic acid groups (broad SMARTS) is 1. The lowest BCUT2D eigenvalue weighted by molar-refractivity contribution is -0.121. The number of aliphatic hydroxyl groups is 1. The molecular formula is C21H26F3NO4S2. The summed E-state index contributed by atoms with van der Waals surface area (Å²) in [5.74, 6) is -1.88. The first-order valence-electron chi connectivity index (χ1n) is 10.1. The summed E-state index contributed by atoms with van der Waals surface area (Å²) in [7, 11) is 0. The van der Waals surface area contributed by atoms with Crippen molar-refractivity contribution in [2.75, 3.05) is 5.75 Å². The van der Waals surface area contributed by atoms with Gasteiger partial charge in [-0.1, -0.05) is 30.8 Å². The number of carbonyl (C=O) groups is 2. The van der Waals surface area contributed by atoms with Gasteiger partial charge >= 0.3 is 12.0 Å². The molecule has 0 amide bonds. The molecular weight excluding hydrogens is 451 g/mol. The topological polar surface area (TPSA) is 87.5 Å². The Morgan fingerprint density at radius 2 is 2.16 bits per heavy atom. The highest BCUT2D eigenvalue weighted by Crippen LogP contribution is 2.35.